The Morgan fingerprint density at radius 2 is 1.80 bits per heavy atom. The van der Waals surface area contributed by atoms with Gasteiger partial charge in [-0.1, -0.05) is 25.0 Å². The topological polar surface area (TPSA) is 70.7 Å². The Balaban J connectivity index is 1.53. The van der Waals surface area contributed by atoms with Crippen molar-refractivity contribution in [1.29, 1.82) is 0 Å². The number of hydrogen-bond acceptors (Lipinski definition) is 3. The fourth-order valence-electron chi connectivity index (χ4n) is 3.76. The van der Waals surface area contributed by atoms with Crippen LogP contribution in [0.3, 0.4) is 0 Å². The van der Waals surface area contributed by atoms with Gasteiger partial charge in [0.1, 0.15) is 16.9 Å². The molecule has 2 N–H and O–H groups in total. The molecule has 0 bridgehead atoms. The van der Waals surface area contributed by atoms with Gasteiger partial charge in [0.05, 0.1) is 0 Å². The average Bonchev–Trinajstić information content (AvgIpc) is 3.29. The molecule has 128 valence electrons. The van der Waals surface area contributed by atoms with Gasteiger partial charge < -0.3 is 5.32 Å². The molecule has 1 aliphatic rings. The Hall–Kier alpha value is -2.76. The summed E-state index contributed by atoms with van der Waals surface area (Å²) in [5.41, 5.74) is 2.95. The molecule has 0 spiro atoms. The van der Waals surface area contributed by atoms with Crippen molar-refractivity contribution in [2.75, 3.05) is 6.54 Å². The number of benzene rings is 2. The Bertz CT molecular complexity index is 897. The highest BCUT2D eigenvalue weighted by Gasteiger charge is 2.36. The summed E-state index contributed by atoms with van der Waals surface area (Å²) in [6, 6.07) is 11.9. The molecule has 0 aliphatic heterocycles. The molecule has 4 rings (SSSR count). The van der Waals surface area contributed by atoms with Crippen LogP contribution in [-0.4, -0.2) is 27.9 Å². The summed E-state index contributed by atoms with van der Waals surface area (Å²) in [4.78, 5) is 12.6. The summed E-state index contributed by atoms with van der Waals surface area (Å²) in [6.07, 6.45) is 4.25. The molecule has 0 saturated heterocycles. The van der Waals surface area contributed by atoms with E-state index in [2.05, 4.69) is 20.7 Å². The van der Waals surface area contributed by atoms with Crippen molar-refractivity contribution in [3.05, 3.63) is 59.4 Å². The first-order chi connectivity index (χ1) is 12.2. The van der Waals surface area contributed by atoms with Crippen molar-refractivity contribution in [3.8, 4) is 0 Å². The van der Waals surface area contributed by atoms with E-state index in [-0.39, 0.29) is 17.1 Å². The van der Waals surface area contributed by atoms with Crippen LogP contribution in [-0.2, 0) is 5.41 Å². The van der Waals surface area contributed by atoms with E-state index in [9.17, 15) is 9.18 Å². The van der Waals surface area contributed by atoms with Gasteiger partial charge in [0, 0.05) is 17.5 Å². The number of carbonyl (C=O) groups excluding carboxylic acids is 1. The number of carbonyl (C=O) groups is 1. The lowest BCUT2D eigenvalue weighted by molar-refractivity contribution is 0.0943. The summed E-state index contributed by atoms with van der Waals surface area (Å²) in [5, 5.41) is 13.6. The molecule has 3 aromatic rings. The zero-order chi connectivity index (χ0) is 17.3. The van der Waals surface area contributed by atoms with Gasteiger partial charge in [-0.15, -0.1) is 0 Å². The molecule has 1 fully saturated rings. The summed E-state index contributed by atoms with van der Waals surface area (Å²) >= 11 is 0. The van der Waals surface area contributed by atoms with Crippen LogP contribution in [0, 0.1) is 5.82 Å². The number of halogens is 1. The maximum Gasteiger partial charge on any atom is 0.251 e. The smallest absolute Gasteiger partial charge is 0.251 e. The molecule has 1 aromatic heterocycles. The number of aromatic nitrogens is 3. The van der Waals surface area contributed by atoms with E-state index in [0.717, 1.165) is 36.8 Å². The van der Waals surface area contributed by atoms with Crippen LogP contribution in [0.5, 0.6) is 0 Å². The fraction of sp³-hybridized carbons (Fsp3) is 0.316. The molecule has 5 nitrogen and oxygen atoms in total. The Labute approximate surface area is 144 Å². The van der Waals surface area contributed by atoms with E-state index in [1.165, 1.54) is 12.1 Å². The highest BCUT2D eigenvalue weighted by atomic mass is 19.1. The first-order valence-electron chi connectivity index (χ1n) is 8.51. The van der Waals surface area contributed by atoms with Crippen molar-refractivity contribution >= 4 is 16.9 Å². The number of nitrogens with zero attached hydrogens (tertiary/aromatic N) is 2. The van der Waals surface area contributed by atoms with E-state index in [1.54, 1.807) is 18.2 Å². The summed E-state index contributed by atoms with van der Waals surface area (Å²) in [7, 11) is 0. The molecule has 6 heteroatoms. The van der Waals surface area contributed by atoms with E-state index < -0.39 is 0 Å². The van der Waals surface area contributed by atoms with Crippen LogP contribution >= 0.6 is 0 Å². The lowest BCUT2D eigenvalue weighted by atomic mass is 9.78. The fourth-order valence-corrected chi connectivity index (χ4v) is 3.76. The number of nitrogens with one attached hydrogen (secondary N) is 2. The van der Waals surface area contributed by atoms with Gasteiger partial charge in [0.15, 0.2) is 0 Å². The molecule has 0 unspecified atom stereocenters. The summed E-state index contributed by atoms with van der Waals surface area (Å²) in [6.45, 7) is 0.550. The average molecular weight is 338 g/mol. The van der Waals surface area contributed by atoms with Gasteiger partial charge in [0.25, 0.3) is 5.91 Å². The lowest BCUT2D eigenvalue weighted by Crippen LogP contribution is -2.39. The number of hydrogen-bond donors (Lipinski definition) is 2. The summed E-state index contributed by atoms with van der Waals surface area (Å²) in [5.74, 6) is -0.361. The van der Waals surface area contributed by atoms with Gasteiger partial charge in [-0.05, 0) is 48.7 Å². The van der Waals surface area contributed by atoms with Gasteiger partial charge >= 0.3 is 0 Å². The third-order valence-corrected chi connectivity index (χ3v) is 5.18. The van der Waals surface area contributed by atoms with Crippen LogP contribution in [0.2, 0.25) is 0 Å². The second-order valence-electron chi connectivity index (χ2n) is 6.70. The second kappa shape index (κ2) is 6.27. The second-order valence-corrected chi connectivity index (χ2v) is 6.70. The number of aromatic amines is 1. The van der Waals surface area contributed by atoms with Crippen LogP contribution < -0.4 is 5.32 Å². The predicted octanol–water partition coefficient (Wildman–Crippen LogP) is 3.34. The van der Waals surface area contributed by atoms with Crippen molar-refractivity contribution in [2.45, 2.75) is 31.1 Å². The Morgan fingerprint density at radius 3 is 2.56 bits per heavy atom. The molecule has 0 atom stereocenters. The van der Waals surface area contributed by atoms with E-state index in [4.69, 9.17) is 0 Å². The highest BCUT2D eigenvalue weighted by molar-refractivity contribution is 5.97. The van der Waals surface area contributed by atoms with E-state index in [0.29, 0.717) is 17.6 Å². The molecule has 1 saturated carbocycles. The van der Waals surface area contributed by atoms with Crippen LogP contribution in [0.4, 0.5) is 4.39 Å². The molecule has 1 heterocycles. The Kier molecular flexibility index (Phi) is 3.95. The minimum absolute atomic E-state index is 0.110. The summed E-state index contributed by atoms with van der Waals surface area (Å²) < 4.78 is 13.3. The molecule has 1 aliphatic carbocycles. The Morgan fingerprint density at radius 1 is 1.08 bits per heavy atom. The minimum Gasteiger partial charge on any atom is -0.351 e. The predicted molar refractivity (Wildman–Crippen MR) is 92.8 cm³/mol. The van der Waals surface area contributed by atoms with Crippen molar-refractivity contribution in [2.24, 2.45) is 0 Å². The first kappa shape index (κ1) is 15.7. The monoisotopic (exact) mass is 338 g/mol. The van der Waals surface area contributed by atoms with Gasteiger partial charge in [-0.2, -0.15) is 15.4 Å². The van der Waals surface area contributed by atoms with E-state index >= 15 is 0 Å². The van der Waals surface area contributed by atoms with Crippen molar-refractivity contribution in [1.82, 2.24) is 20.7 Å². The zero-order valence-corrected chi connectivity index (χ0v) is 13.8. The van der Waals surface area contributed by atoms with Crippen LogP contribution in [0.1, 0.15) is 41.6 Å². The highest BCUT2D eigenvalue weighted by Crippen LogP contribution is 2.40. The molecular formula is C19H19FN4O. The largest absolute Gasteiger partial charge is 0.351 e. The third kappa shape index (κ3) is 2.99. The first-order valence-corrected chi connectivity index (χ1v) is 8.51. The molecule has 25 heavy (non-hydrogen) atoms. The number of fused-ring (bicyclic) bond motifs is 1. The zero-order valence-electron chi connectivity index (χ0n) is 13.8. The molecule has 1 amide bonds. The quantitative estimate of drug-likeness (QED) is 0.766. The maximum atomic E-state index is 13.3. The van der Waals surface area contributed by atoms with Crippen LogP contribution in [0.15, 0.2) is 42.5 Å². The van der Waals surface area contributed by atoms with Gasteiger partial charge in [-0.25, -0.2) is 4.39 Å². The van der Waals surface area contributed by atoms with Gasteiger partial charge in [0.2, 0.25) is 0 Å². The third-order valence-electron chi connectivity index (χ3n) is 5.18. The van der Waals surface area contributed by atoms with E-state index in [1.807, 2.05) is 12.1 Å². The normalized spacial score (nSPS) is 16.2. The van der Waals surface area contributed by atoms with Crippen molar-refractivity contribution < 1.29 is 9.18 Å². The lowest BCUT2D eigenvalue weighted by Gasteiger charge is -2.30. The number of H-pyrrole nitrogens is 1. The molecular weight excluding hydrogens is 319 g/mol. The number of amides is 1. The van der Waals surface area contributed by atoms with Gasteiger partial charge in [-0.3, -0.25) is 4.79 Å². The standard InChI is InChI=1S/C19H19FN4O/c20-15-6-4-14(5-7-15)19(9-1-2-10-19)12-21-18(25)13-3-8-16-17(11-13)23-24-22-16/h3-8,11H,1-2,9-10,12H2,(H,21,25)(H,22,23,24). The maximum absolute atomic E-state index is 13.3. The number of rotatable bonds is 4. The van der Waals surface area contributed by atoms with Crippen molar-refractivity contribution in [3.63, 3.8) is 0 Å². The molecule has 2 aromatic carbocycles. The minimum atomic E-state index is -0.234. The molecule has 0 radical (unpaired) electrons. The SMILES string of the molecule is O=C(NCC1(c2ccc(F)cc2)CCCC1)c1ccc2n[nH]nc2c1. The van der Waals surface area contributed by atoms with Crippen LogP contribution in [0.25, 0.3) is 11.0 Å².